The van der Waals surface area contributed by atoms with Gasteiger partial charge in [0.05, 0.1) is 0 Å². The van der Waals surface area contributed by atoms with Crippen molar-refractivity contribution >= 4 is 35.3 Å². The lowest BCUT2D eigenvalue weighted by atomic mass is 10.1. The summed E-state index contributed by atoms with van der Waals surface area (Å²) in [6.45, 7) is 3.77. The van der Waals surface area contributed by atoms with Crippen LogP contribution in [0.15, 0.2) is 60.0 Å². The summed E-state index contributed by atoms with van der Waals surface area (Å²) in [5.74, 6) is 1.02. The molecule has 0 aliphatic carbocycles. The van der Waals surface area contributed by atoms with Gasteiger partial charge in [0.2, 0.25) is 0 Å². The Labute approximate surface area is 122 Å². The third-order valence-electron chi connectivity index (χ3n) is 3.01. The van der Waals surface area contributed by atoms with Crippen LogP contribution in [0.5, 0.6) is 0 Å². The van der Waals surface area contributed by atoms with Gasteiger partial charge in [-0.2, -0.15) is 0 Å². The van der Waals surface area contributed by atoms with Gasteiger partial charge in [-0.25, -0.2) is 0 Å². The van der Waals surface area contributed by atoms with Gasteiger partial charge in [-0.3, -0.25) is 0 Å². The highest BCUT2D eigenvalue weighted by Crippen LogP contribution is 2.43. The summed E-state index contributed by atoms with van der Waals surface area (Å²) < 4.78 is 0.413. The highest BCUT2D eigenvalue weighted by atomic mass is 32.2. The number of nitrogens with one attached hydrogen (secondary N) is 1. The van der Waals surface area contributed by atoms with E-state index >= 15 is 0 Å². The molecule has 1 N–H and O–H groups in total. The molecule has 1 atom stereocenters. The minimum Gasteiger partial charge on any atom is -0.364 e. The lowest BCUT2D eigenvalue weighted by molar-refractivity contribution is 1.36. The quantitative estimate of drug-likeness (QED) is 0.843. The molecule has 1 aliphatic rings. The summed E-state index contributed by atoms with van der Waals surface area (Å²) in [7, 11) is 0. The van der Waals surface area contributed by atoms with Crippen molar-refractivity contribution in [1.82, 2.24) is 0 Å². The van der Waals surface area contributed by atoms with Gasteiger partial charge in [0.25, 0.3) is 0 Å². The molecule has 0 spiro atoms. The number of thioether (sulfide) groups is 2. The van der Waals surface area contributed by atoms with E-state index in [1.165, 1.54) is 21.7 Å². The lowest BCUT2D eigenvalue weighted by Gasteiger charge is -2.10. The van der Waals surface area contributed by atoms with E-state index in [0.717, 1.165) is 5.75 Å². The van der Waals surface area contributed by atoms with Crippen LogP contribution in [0.3, 0.4) is 0 Å². The van der Waals surface area contributed by atoms with Crippen molar-refractivity contribution in [1.29, 1.82) is 0 Å². The Bertz CT molecular complexity index is 553. The van der Waals surface area contributed by atoms with Crippen molar-refractivity contribution in [2.45, 2.75) is 15.4 Å². The second-order valence-corrected chi connectivity index (χ2v) is 6.89. The number of hydrogen-bond donors (Lipinski definition) is 1. The minimum absolute atomic E-state index is 0.413. The molecule has 96 valence electrons. The fourth-order valence-electron chi connectivity index (χ4n) is 1.96. The van der Waals surface area contributed by atoms with Crippen LogP contribution in [-0.4, -0.2) is 4.71 Å². The van der Waals surface area contributed by atoms with Gasteiger partial charge in [-0.1, -0.05) is 60.8 Å². The van der Waals surface area contributed by atoms with Crippen LogP contribution in [0.2, 0.25) is 0 Å². The largest absolute Gasteiger partial charge is 0.364 e. The first kappa shape index (κ1) is 12.7. The summed E-state index contributed by atoms with van der Waals surface area (Å²) in [4.78, 5) is 1.35. The molecule has 2 aromatic rings. The number of benzene rings is 2. The van der Waals surface area contributed by atoms with E-state index in [1.807, 2.05) is 29.6 Å². The van der Waals surface area contributed by atoms with Crippen LogP contribution in [0.4, 0.5) is 5.69 Å². The first-order valence-electron chi connectivity index (χ1n) is 6.20. The predicted octanol–water partition coefficient (Wildman–Crippen LogP) is 5.06. The van der Waals surface area contributed by atoms with Gasteiger partial charge in [-0.15, -0.1) is 11.8 Å². The van der Waals surface area contributed by atoms with Gasteiger partial charge in [0, 0.05) is 16.3 Å². The molecular formula is C16H15NS2. The zero-order chi connectivity index (χ0) is 13.1. The van der Waals surface area contributed by atoms with Crippen LogP contribution >= 0.6 is 23.5 Å². The Morgan fingerprint density at radius 2 is 1.95 bits per heavy atom. The number of rotatable bonds is 4. The monoisotopic (exact) mass is 285 g/mol. The molecule has 0 radical (unpaired) electrons. The summed E-state index contributed by atoms with van der Waals surface area (Å²) in [6, 6.07) is 17.1. The van der Waals surface area contributed by atoms with E-state index in [9.17, 15) is 0 Å². The Balaban J connectivity index is 1.58. The SMILES string of the molecule is C=Cc1ccc(CSC2Nc3ccccc3S2)cc1. The Hall–Kier alpha value is -1.32. The van der Waals surface area contributed by atoms with Gasteiger partial charge < -0.3 is 5.32 Å². The maximum absolute atomic E-state index is 3.77. The molecule has 3 heteroatoms. The second-order valence-electron chi connectivity index (χ2n) is 4.35. The maximum Gasteiger partial charge on any atom is 0.124 e. The van der Waals surface area contributed by atoms with Crippen molar-refractivity contribution in [3.63, 3.8) is 0 Å². The second kappa shape index (κ2) is 5.76. The van der Waals surface area contributed by atoms with Crippen LogP contribution in [0, 0.1) is 0 Å². The van der Waals surface area contributed by atoms with E-state index in [0.29, 0.717) is 4.71 Å². The standard InChI is InChI=1S/C16H15NS2/c1-2-12-7-9-13(10-8-12)11-18-16-17-14-5-3-4-6-15(14)19-16/h2-10,16-17H,1,11H2. The summed E-state index contributed by atoms with van der Waals surface area (Å²) in [6.07, 6.45) is 1.88. The minimum atomic E-state index is 0.413. The Morgan fingerprint density at radius 1 is 1.16 bits per heavy atom. The van der Waals surface area contributed by atoms with Gasteiger partial charge in [0.15, 0.2) is 0 Å². The van der Waals surface area contributed by atoms with E-state index < -0.39 is 0 Å². The van der Waals surface area contributed by atoms with Crippen molar-refractivity contribution in [3.05, 3.63) is 66.2 Å². The first-order chi connectivity index (χ1) is 9.35. The Morgan fingerprint density at radius 3 is 2.68 bits per heavy atom. The zero-order valence-corrected chi connectivity index (χ0v) is 12.1. The molecule has 0 fully saturated rings. The molecule has 0 saturated carbocycles. The van der Waals surface area contributed by atoms with Crippen LogP contribution in [0.1, 0.15) is 11.1 Å². The van der Waals surface area contributed by atoms with Gasteiger partial charge >= 0.3 is 0 Å². The summed E-state index contributed by atoms with van der Waals surface area (Å²) >= 11 is 3.83. The van der Waals surface area contributed by atoms with Gasteiger partial charge in [0.1, 0.15) is 4.71 Å². The number of anilines is 1. The third kappa shape index (κ3) is 2.99. The predicted molar refractivity (Wildman–Crippen MR) is 87.5 cm³/mol. The highest BCUT2D eigenvalue weighted by molar-refractivity contribution is 8.17. The fraction of sp³-hybridized carbons (Fsp3) is 0.125. The highest BCUT2D eigenvalue weighted by Gasteiger charge is 2.20. The molecule has 2 aromatic carbocycles. The van der Waals surface area contributed by atoms with E-state index in [4.69, 9.17) is 0 Å². The number of para-hydroxylation sites is 1. The Kier molecular flexibility index (Phi) is 3.85. The van der Waals surface area contributed by atoms with Crippen molar-refractivity contribution < 1.29 is 0 Å². The van der Waals surface area contributed by atoms with Crippen LogP contribution in [-0.2, 0) is 5.75 Å². The van der Waals surface area contributed by atoms with Crippen molar-refractivity contribution in [2.24, 2.45) is 0 Å². The molecular weight excluding hydrogens is 270 g/mol. The fourth-order valence-corrected chi connectivity index (χ4v) is 4.32. The average molecular weight is 285 g/mol. The lowest BCUT2D eigenvalue weighted by Crippen LogP contribution is -2.04. The normalized spacial score (nSPS) is 16.7. The van der Waals surface area contributed by atoms with Gasteiger partial charge in [-0.05, 0) is 23.3 Å². The van der Waals surface area contributed by atoms with Crippen LogP contribution < -0.4 is 5.32 Å². The van der Waals surface area contributed by atoms with E-state index in [1.54, 1.807) is 0 Å². The average Bonchev–Trinajstić information content (AvgIpc) is 2.88. The molecule has 0 amide bonds. The molecule has 0 bridgehead atoms. The van der Waals surface area contributed by atoms with E-state index in [2.05, 4.69) is 60.4 Å². The maximum atomic E-state index is 3.77. The summed E-state index contributed by atoms with van der Waals surface area (Å²) in [5.41, 5.74) is 3.79. The molecule has 19 heavy (non-hydrogen) atoms. The van der Waals surface area contributed by atoms with Crippen LogP contribution in [0.25, 0.3) is 6.08 Å². The topological polar surface area (TPSA) is 12.0 Å². The smallest absolute Gasteiger partial charge is 0.124 e. The molecule has 1 aliphatic heterocycles. The zero-order valence-electron chi connectivity index (χ0n) is 10.5. The number of fused-ring (bicyclic) bond motifs is 1. The summed E-state index contributed by atoms with van der Waals surface area (Å²) in [5, 5.41) is 3.54. The first-order valence-corrected chi connectivity index (χ1v) is 8.13. The molecule has 0 saturated heterocycles. The molecule has 1 nitrogen and oxygen atoms in total. The molecule has 1 heterocycles. The molecule has 3 rings (SSSR count). The van der Waals surface area contributed by atoms with Crippen molar-refractivity contribution in [2.75, 3.05) is 5.32 Å². The van der Waals surface area contributed by atoms with Crippen molar-refractivity contribution in [3.8, 4) is 0 Å². The molecule has 1 unspecified atom stereocenters. The molecule has 0 aromatic heterocycles. The third-order valence-corrected chi connectivity index (χ3v) is 5.57. The van der Waals surface area contributed by atoms with E-state index in [-0.39, 0.29) is 0 Å². The number of hydrogen-bond acceptors (Lipinski definition) is 3.